The summed E-state index contributed by atoms with van der Waals surface area (Å²) in [5.74, 6) is 3.59. The first-order valence-corrected chi connectivity index (χ1v) is 10.2. The molecule has 8 heteroatoms. The van der Waals surface area contributed by atoms with E-state index in [1.807, 2.05) is 49.4 Å². The van der Waals surface area contributed by atoms with Crippen LogP contribution in [0.5, 0.6) is 0 Å². The molecule has 0 spiro atoms. The van der Waals surface area contributed by atoms with Crippen molar-refractivity contribution in [2.24, 2.45) is 0 Å². The van der Waals surface area contributed by atoms with E-state index in [1.54, 1.807) is 18.0 Å². The summed E-state index contributed by atoms with van der Waals surface area (Å²) in [6.07, 6.45) is 4.02. The Bertz CT molecular complexity index is 1050. The zero-order chi connectivity index (χ0) is 18.9. The lowest BCUT2D eigenvalue weighted by molar-refractivity contribution is 0.380. The van der Waals surface area contributed by atoms with Crippen molar-refractivity contribution in [3.8, 4) is 11.4 Å². The molecule has 28 heavy (non-hydrogen) atoms. The van der Waals surface area contributed by atoms with Crippen LogP contribution in [0.25, 0.3) is 11.4 Å². The lowest BCUT2D eigenvalue weighted by atomic mass is 10.2. The molecule has 1 aliphatic rings. The Balaban J connectivity index is 1.38. The Morgan fingerprint density at radius 2 is 2.00 bits per heavy atom. The summed E-state index contributed by atoms with van der Waals surface area (Å²) in [5, 5.41) is 13.8. The number of rotatable bonds is 7. The summed E-state index contributed by atoms with van der Waals surface area (Å²) in [4.78, 5) is 4.56. The highest BCUT2D eigenvalue weighted by atomic mass is 32.2. The average molecular weight is 393 g/mol. The van der Waals surface area contributed by atoms with E-state index in [0.717, 1.165) is 22.3 Å². The van der Waals surface area contributed by atoms with Crippen molar-refractivity contribution in [3.05, 3.63) is 66.2 Å². The van der Waals surface area contributed by atoms with E-state index in [1.165, 1.54) is 12.8 Å². The maximum absolute atomic E-state index is 5.53. The van der Waals surface area contributed by atoms with Crippen LogP contribution in [0.4, 0.5) is 0 Å². The zero-order valence-electron chi connectivity index (χ0n) is 15.4. The van der Waals surface area contributed by atoms with Crippen molar-refractivity contribution in [2.45, 2.75) is 42.6 Å². The van der Waals surface area contributed by atoms with Gasteiger partial charge in [-0.15, -0.1) is 10.2 Å². The second kappa shape index (κ2) is 7.27. The first-order chi connectivity index (χ1) is 13.8. The number of aromatic nitrogens is 5. The molecule has 4 aromatic rings. The van der Waals surface area contributed by atoms with Crippen LogP contribution >= 0.6 is 11.8 Å². The third-order valence-electron chi connectivity index (χ3n) is 4.69. The van der Waals surface area contributed by atoms with Crippen LogP contribution in [-0.4, -0.2) is 24.9 Å². The zero-order valence-corrected chi connectivity index (χ0v) is 16.2. The molecule has 1 saturated carbocycles. The number of thioether (sulfide) groups is 1. The van der Waals surface area contributed by atoms with Gasteiger partial charge in [-0.25, -0.2) is 0 Å². The van der Waals surface area contributed by atoms with Gasteiger partial charge in [-0.3, -0.25) is 4.57 Å². The molecule has 0 N–H and O–H groups in total. The van der Waals surface area contributed by atoms with E-state index in [9.17, 15) is 0 Å². The maximum Gasteiger partial charge on any atom is 0.240 e. The molecule has 1 fully saturated rings. The lowest BCUT2D eigenvalue weighted by Gasteiger charge is -2.10. The van der Waals surface area contributed by atoms with Gasteiger partial charge in [-0.1, -0.05) is 47.3 Å². The second-order valence-electron chi connectivity index (χ2n) is 6.86. The fraction of sp³-hybridized carbons (Fsp3) is 0.300. The summed E-state index contributed by atoms with van der Waals surface area (Å²) in [6.45, 7) is 2.66. The molecule has 3 aromatic heterocycles. The largest absolute Gasteiger partial charge is 0.467 e. The normalized spacial score (nSPS) is 15.0. The van der Waals surface area contributed by atoms with Gasteiger partial charge < -0.3 is 8.94 Å². The van der Waals surface area contributed by atoms with Crippen LogP contribution < -0.4 is 0 Å². The highest BCUT2D eigenvalue weighted by Gasteiger charge is 2.31. The number of hydrogen-bond donors (Lipinski definition) is 0. The predicted octanol–water partition coefficient (Wildman–Crippen LogP) is 4.70. The van der Waals surface area contributed by atoms with Gasteiger partial charge in [-0.2, -0.15) is 4.98 Å². The topological polar surface area (TPSA) is 82.8 Å². The van der Waals surface area contributed by atoms with Gasteiger partial charge in [-0.05, 0) is 31.9 Å². The molecule has 0 saturated heterocycles. The second-order valence-corrected chi connectivity index (χ2v) is 8.17. The van der Waals surface area contributed by atoms with Gasteiger partial charge in [0.25, 0.3) is 0 Å². The van der Waals surface area contributed by atoms with Crippen LogP contribution in [0.15, 0.2) is 62.8 Å². The van der Waals surface area contributed by atoms with Crippen LogP contribution in [-0.2, 0) is 6.54 Å². The van der Waals surface area contributed by atoms with Gasteiger partial charge in [0.15, 0.2) is 5.16 Å². The smallest absolute Gasteiger partial charge is 0.240 e. The molecule has 0 bridgehead atoms. The summed E-state index contributed by atoms with van der Waals surface area (Å²) in [5.41, 5.74) is 0.937. The SMILES string of the molecule is CC(Sc1nnc(C2CC2)n1Cc1ccco1)c1nc(-c2ccccc2)no1. The Morgan fingerprint density at radius 3 is 2.75 bits per heavy atom. The van der Waals surface area contributed by atoms with Crippen molar-refractivity contribution >= 4 is 11.8 Å². The Labute approximate surface area is 166 Å². The van der Waals surface area contributed by atoms with E-state index < -0.39 is 0 Å². The van der Waals surface area contributed by atoms with Crippen molar-refractivity contribution in [1.82, 2.24) is 24.9 Å². The summed E-state index contributed by atoms with van der Waals surface area (Å²) in [6, 6.07) is 13.7. The van der Waals surface area contributed by atoms with Crippen LogP contribution in [0.3, 0.4) is 0 Å². The van der Waals surface area contributed by atoms with Crippen molar-refractivity contribution in [3.63, 3.8) is 0 Å². The van der Waals surface area contributed by atoms with E-state index in [4.69, 9.17) is 8.94 Å². The number of hydrogen-bond acceptors (Lipinski definition) is 7. The van der Waals surface area contributed by atoms with Crippen LogP contribution in [0.1, 0.15) is 48.4 Å². The Morgan fingerprint density at radius 1 is 1.14 bits per heavy atom. The van der Waals surface area contributed by atoms with Gasteiger partial charge in [0, 0.05) is 11.5 Å². The molecule has 1 aliphatic carbocycles. The highest BCUT2D eigenvalue weighted by Crippen LogP contribution is 2.42. The Kier molecular flexibility index (Phi) is 4.48. The molecule has 0 aliphatic heterocycles. The standard InChI is InChI=1S/C20H19N5O2S/c1-13(19-21-17(24-27-19)14-6-3-2-4-7-14)28-20-23-22-18(15-9-10-15)25(20)12-16-8-5-11-26-16/h2-8,11,13,15H,9-10,12H2,1H3. The number of benzene rings is 1. The molecule has 1 atom stereocenters. The van der Waals surface area contributed by atoms with Crippen molar-refractivity contribution in [1.29, 1.82) is 0 Å². The number of furan rings is 1. The quantitative estimate of drug-likeness (QED) is 0.421. The lowest BCUT2D eigenvalue weighted by Crippen LogP contribution is -2.06. The van der Waals surface area contributed by atoms with Crippen molar-refractivity contribution in [2.75, 3.05) is 0 Å². The third kappa shape index (κ3) is 3.47. The minimum atomic E-state index is -0.0448. The van der Waals surface area contributed by atoms with E-state index in [-0.39, 0.29) is 5.25 Å². The molecular weight excluding hydrogens is 374 g/mol. The molecule has 7 nitrogen and oxygen atoms in total. The number of nitrogens with zero attached hydrogens (tertiary/aromatic N) is 5. The first-order valence-electron chi connectivity index (χ1n) is 9.29. The van der Waals surface area contributed by atoms with Crippen molar-refractivity contribution < 1.29 is 8.94 Å². The van der Waals surface area contributed by atoms with Gasteiger partial charge in [0.2, 0.25) is 11.7 Å². The van der Waals surface area contributed by atoms with Crippen LogP contribution in [0, 0.1) is 0 Å². The minimum Gasteiger partial charge on any atom is -0.467 e. The molecule has 5 rings (SSSR count). The average Bonchev–Trinajstić information content (AvgIpc) is 3.13. The maximum atomic E-state index is 5.53. The summed E-state index contributed by atoms with van der Waals surface area (Å²) < 4.78 is 13.2. The molecule has 1 aromatic carbocycles. The minimum absolute atomic E-state index is 0.0448. The van der Waals surface area contributed by atoms with Gasteiger partial charge in [0.05, 0.1) is 18.1 Å². The molecule has 142 valence electrons. The fourth-order valence-corrected chi connectivity index (χ4v) is 3.94. The van der Waals surface area contributed by atoms with Gasteiger partial charge in [0.1, 0.15) is 11.6 Å². The molecule has 0 amide bonds. The summed E-state index contributed by atoms with van der Waals surface area (Å²) in [7, 11) is 0. The third-order valence-corrected chi connectivity index (χ3v) is 5.75. The molecular formula is C20H19N5O2S. The fourth-order valence-electron chi connectivity index (χ4n) is 3.05. The van der Waals surface area contributed by atoms with E-state index in [2.05, 4.69) is 24.9 Å². The molecule has 3 heterocycles. The highest BCUT2D eigenvalue weighted by molar-refractivity contribution is 7.99. The Hall–Kier alpha value is -2.87. The first kappa shape index (κ1) is 17.2. The van der Waals surface area contributed by atoms with Crippen LogP contribution in [0.2, 0.25) is 0 Å². The molecule has 1 unspecified atom stereocenters. The summed E-state index contributed by atoms with van der Waals surface area (Å²) >= 11 is 1.57. The van der Waals surface area contributed by atoms with E-state index >= 15 is 0 Å². The molecule has 0 radical (unpaired) electrons. The predicted molar refractivity (Wildman–Crippen MR) is 104 cm³/mol. The van der Waals surface area contributed by atoms with Gasteiger partial charge >= 0.3 is 0 Å². The monoisotopic (exact) mass is 393 g/mol. The van der Waals surface area contributed by atoms with E-state index in [0.29, 0.717) is 24.2 Å².